The van der Waals surface area contributed by atoms with E-state index in [9.17, 15) is 33.2 Å². The van der Waals surface area contributed by atoms with Crippen molar-refractivity contribution in [3.05, 3.63) is 63.7 Å². The van der Waals surface area contributed by atoms with Crippen molar-refractivity contribution >= 4 is 17.3 Å². The molecular formula is C24H26F3N3O4. The molecule has 0 radical (unpaired) electrons. The zero-order chi connectivity index (χ0) is 24.5. The highest BCUT2D eigenvalue weighted by atomic mass is 19.4. The third-order valence-corrected chi connectivity index (χ3v) is 6.86. The van der Waals surface area contributed by atoms with Crippen molar-refractivity contribution in [2.45, 2.75) is 37.8 Å². The zero-order valence-corrected chi connectivity index (χ0v) is 18.5. The van der Waals surface area contributed by atoms with Gasteiger partial charge in [0.15, 0.2) is 0 Å². The normalized spacial score (nSPS) is 18.2. The van der Waals surface area contributed by atoms with Crippen LogP contribution in [0.2, 0.25) is 0 Å². The zero-order valence-electron chi connectivity index (χ0n) is 18.5. The van der Waals surface area contributed by atoms with E-state index in [-0.39, 0.29) is 23.3 Å². The van der Waals surface area contributed by atoms with E-state index in [2.05, 4.69) is 0 Å². The van der Waals surface area contributed by atoms with Crippen LogP contribution in [0.1, 0.15) is 42.7 Å². The summed E-state index contributed by atoms with van der Waals surface area (Å²) in [5.74, 6) is 0.441. The fourth-order valence-corrected chi connectivity index (χ4v) is 4.92. The maximum Gasteiger partial charge on any atom is 0.416 e. The summed E-state index contributed by atoms with van der Waals surface area (Å²) >= 11 is 0. The van der Waals surface area contributed by atoms with Crippen LogP contribution in [-0.4, -0.2) is 47.0 Å². The first kappa shape index (κ1) is 23.8. The Bertz CT molecular complexity index is 1040. The number of hydrogen-bond acceptors (Lipinski definition) is 5. The van der Waals surface area contributed by atoms with Crippen molar-refractivity contribution in [3.63, 3.8) is 0 Å². The van der Waals surface area contributed by atoms with Gasteiger partial charge in [0.05, 0.1) is 10.5 Å². The highest BCUT2D eigenvalue weighted by Gasteiger charge is 2.36. The molecule has 1 amide bonds. The summed E-state index contributed by atoms with van der Waals surface area (Å²) in [6, 6.07) is 9.74. The molecule has 34 heavy (non-hydrogen) atoms. The van der Waals surface area contributed by atoms with Crippen LogP contribution in [0.5, 0.6) is 5.75 Å². The van der Waals surface area contributed by atoms with Crippen LogP contribution in [0.4, 0.5) is 24.5 Å². The minimum atomic E-state index is -4.65. The number of piperidine rings is 2. The molecule has 2 aromatic rings. The fraction of sp³-hybridized carbons (Fsp3) is 0.458. The van der Waals surface area contributed by atoms with E-state index in [0.717, 1.165) is 30.5 Å². The van der Waals surface area contributed by atoms with Gasteiger partial charge >= 0.3 is 6.18 Å². The number of anilines is 1. The average molecular weight is 477 g/mol. The van der Waals surface area contributed by atoms with Crippen molar-refractivity contribution in [1.82, 2.24) is 4.90 Å². The summed E-state index contributed by atoms with van der Waals surface area (Å²) in [5.41, 5.74) is -0.324. The summed E-state index contributed by atoms with van der Waals surface area (Å²) in [5, 5.41) is 20.9. The molecule has 7 nitrogen and oxygen atoms in total. The Morgan fingerprint density at radius 3 is 2.15 bits per heavy atom. The first-order valence-corrected chi connectivity index (χ1v) is 11.3. The number of halogens is 3. The van der Waals surface area contributed by atoms with Crippen LogP contribution in [0.15, 0.2) is 42.5 Å². The SMILES string of the molecule is O=C(C1CCN(c2ccc(C(F)(F)F)cc2[N+](=O)[O-])CC1)N1CCC(c2ccc(O)cc2)CC1. The number of phenols is 1. The molecule has 1 N–H and O–H groups in total. The second-order valence-corrected chi connectivity index (χ2v) is 8.91. The molecular weight excluding hydrogens is 451 g/mol. The largest absolute Gasteiger partial charge is 0.508 e. The van der Waals surface area contributed by atoms with Gasteiger partial charge in [-0.1, -0.05) is 12.1 Å². The molecule has 2 fully saturated rings. The van der Waals surface area contributed by atoms with Crippen LogP contribution in [-0.2, 0) is 11.0 Å². The lowest BCUT2D eigenvalue weighted by molar-refractivity contribution is -0.384. The number of amides is 1. The Labute approximate surface area is 194 Å². The monoisotopic (exact) mass is 477 g/mol. The van der Waals surface area contributed by atoms with Gasteiger partial charge in [-0.2, -0.15) is 13.2 Å². The number of nitro benzene ring substituents is 1. The molecule has 182 valence electrons. The first-order chi connectivity index (χ1) is 16.1. The summed E-state index contributed by atoms with van der Waals surface area (Å²) in [7, 11) is 0. The van der Waals surface area contributed by atoms with Crippen molar-refractivity contribution in [1.29, 1.82) is 0 Å². The van der Waals surface area contributed by atoms with Gasteiger partial charge in [0.2, 0.25) is 5.91 Å². The van der Waals surface area contributed by atoms with E-state index in [4.69, 9.17) is 0 Å². The van der Waals surface area contributed by atoms with E-state index in [0.29, 0.717) is 51.0 Å². The first-order valence-electron chi connectivity index (χ1n) is 11.3. The van der Waals surface area contributed by atoms with Crippen LogP contribution >= 0.6 is 0 Å². The molecule has 10 heteroatoms. The Balaban J connectivity index is 1.35. The van der Waals surface area contributed by atoms with Crippen molar-refractivity contribution in [2.24, 2.45) is 5.92 Å². The van der Waals surface area contributed by atoms with Crippen LogP contribution < -0.4 is 4.90 Å². The summed E-state index contributed by atoms with van der Waals surface area (Å²) < 4.78 is 38.9. The van der Waals surface area contributed by atoms with Gasteiger partial charge < -0.3 is 14.9 Å². The quantitative estimate of drug-likeness (QED) is 0.498. The van der Waals surface area contributed by atoms with Gasteiger partial charge in [0.25, 0.3) is 5.69 Å². The number of likely N-dealkylation sites (tertiary alicyclic amines) is 1. The van der Waals surface area contributed by atoms with E-state index in [1.165, 1.54) is 0 Å². The number of nitro groups is 1. The van der Waals surface area contributed by atoms with Crippen LogP contribution in [0, 0.1) is 16.0 Å². The third-order valence-electron chi connectivity index (χ3n) is 6.86. The van der Waals surface area contributed by atoms with Gasteiger partial charge in [-0.05, 0) is 61.4 Å². The minimum Gasteiger partial charge on any atom is -0.508 e. The van der Waals surface area contributed by atoms with Crippen LogP contribution in [0.3, 0.4) is 0 Å². The maximum absolute atomic E-state index is 13.1. The van der Waals surface area contributed by atoms with E-state index < -0.39 is 22.4 Å². The molecule has 4 rings (SSSR count). The number of benzene rings is 2. The molecule has 0 unspecified atom stereocenters. The lowest BCUT2D eigenvalue weighted by atomic mass is 9.88. The molecule has 2 aliphatic heterocycles. The molecule has 0 saturated carbocycles. The van der Waals surface area contributed by atoms with Gasteiger partial charge in [0.1, 0.15) is 11.4 Å². The molecule has 2 aliphatic rings. The summed E-state index contributed by atoms with van der Waals surface area (Å²) in [4.78, 5) is 27.2. The number of phenolic OH excluding ortho intramolecular Hbond substituents is 1. The maximum atomic E-state index is 13.1. The average Bonchev–Trinajstić information content (AvgIpc) is 2.83. The number of alkyl halides is 3. The van der Waals surface area contributed by atoms with E-state index in [1.54, 1.807) is 17.0 Å². The second-order valence-electron chi connectivity index (χ2n) is 8.91. The number of aromatic hydroxyl groups is 1. The third kappa shape index (κ3) is 5.10. The fourth-order valence-electron chi connectivity index (χ4n) is 4.92. The molecule has 0 aliphatic carbocycles. The predicted octanol–water partition coefficient (Wildman–Crippen LogP) is 4.94. The topological polar surface area (TPSA) is 86.9 Å². The van der Waals surface area contributed by atoms with Gasteiger partial charge in [-0.15, -0.1) is 0 Å². The Morgan fingerprint density at radius 1 is 0.971 bits per heavy atom. The van der Waals surface area contributed by atoms with E-state index in [1.807, 2.05) is 17.0 Å². The number of nitrogens with zero attached hydrogens (tertiary/aromatic N) is 3. The molecule has 2 aromatic carbocycles. The van der Waals surface area contributed by atoms with Crippen LogP contribution in [0.25, 0.3) is 0 Å². The number of hydrogen-bond donors (Lipinski definition) is 1. The standard InChI is InChI=1S/C24H26F3N3O4/c25-24(26,27)19-3-6-21(22(15-19)30(33)34)28-11-9-18(10-12-28)23(32)29-13-7-17(8-14-29)16-1-4-20(31)5-2-16/h1-6,15,17-18,31H,7-14H2. The van der Waals surface area contributed by atoms with Crippen molar-refractivity contribution < 1.29 is 28.0 Å². The van der Waals surface area contributed by atoms with Gasteiger partial charge in [-0.25, -0.2) is 0 Å². The highest BCUT2D eigenvalue weighted by molar-refractivity contribution is 5.79. The van der Waals surface area contributed by atoms with Crippen molar-refractivity contribution in [2.75, 3.05) is 31.1 Å². The number of rotatable bonds is 4. The molecule has 0 aromatic heterocycles. The molecule has 0 atom stereocenters. The smallest absolute Gasteiger partial charge is 0.416 e. The number of carbonyl (C=O) groups excluding carboxylic acids is 1. The lowest BCUT2D eigenvalue weighted by Crippen LogP contribution is -2.45. The predicted molar refractivity (Wildman–Crippen MR) is 120 cm³/mol. The molecule has 0 bridgehead atoms. The minimum absolute atomic E-state index is 0.0747. The Morgan fingerprint density at radius 2 is 1.59 bits per heavy atom. The molecule has 2 saturated heterocycles. The summed E-state index contributed by atoms with van der Waals surface area (Å²) in [6.45, 7) is 2.03. The Kier molecular flexibility index (Phi) is 6.67. The van der Waals surface area contributed by atoms with Gasteiger partial charge in [-0.3, -0.25) is 14.9 Å². The lowest BCUT2D eigenvalue weighted by Gasteiger charge is -2.38. The van der Waals surface area contributed by atoms with Crippen molar-refractivity contribution in [3.8, 4) is 5.75 Å². The highest BCUT2D eigenvalue weighted by Crippen LogP contribution is 2.38. The van der Waals surface area contributed by atoms with E-state index >= 15 is 0 Å². The number of carbonyl (C=O) groups is 1. The molecule has 2 heterocycles. The summed E-state index contributed by atoms with van der Waals surface area (Å²) in [6.07, 6.45) is -1.98. The Hall–Kier alpha value is -3.30. The molecule has 0 spiro atoms. The van der Waals surface area contributed by atoms with Gasteiger partial charge in [0, 0.05) is 38.2 Å². The second kappa shape index (κ2) is 9.52.